The summed E-state index contributed by atoms with van der Waals surface area (Å²) in [6.07, 6.45) is 0. The van der Waals surface area contributed by atoms with E-state index in [0.717, 1.165) is 4.68 Å². The number of carboxylic acid groups (broad SMARTS) is 1. The number of carbonyl (C=O) groups excluding carboxylic acids is 1. The van der Waals surface area contributed by atoms with Crippen molar-refractivity contribution in [2.45, 2.75) is 20.0 Å². The molecule has 31 heavy (non-hydrogen) atoms. The molecule has 4 N–H and O–H groups in total. The van der Waals surface area contributed by atoms with E-state index in [9.17, 15) is 23.9 Å². The van der Waals surface area contributed by atoms with Crippen LogP contribution in [0.2, 0.25) is 0 Å². The van der Waals surface area contributed by atoms with E-state index in [0.29, 0.717) is 38.6 Å². The smallest absolute Gasteiger partial charge is 0.323 e. The van der Waals surface area contributed by atoms with Gasteiger partial charge in [0.05, 0.1) is 5.39 Å². The third-order valence-electron chi connectivity index (χ3n) is 5.14. The van der Waals surface area contributed by atoms with E-state index in [-0.39, 0.29) is 6.54 Å². The summed E-state index contributed by atoms with van der Waals surface area (Å²) in [4.78, 5) is 36.1. The van der Waals surface area contributed by atoms with Crippen LogP contribution in [-0.2, 0) is 22.7 Å². The number of amides is 1. The molecular weight excluding hydrogens is 405 g/mol. The van der Waals surface area contributed by atoms with E-state index in [4.69, 9.17) is 5.84 Å². The Kier molecular flexibility index (Phi) is 4.99. The highest BCUT2D eigenvalue weighted by atomic mass is 19.1. The molecule has 0 aliphatic rings. The molecule has 0 unspecified atom stereocenters. The summed E-state index contributed by atoms with van der Waals surface area (Å²) in [6, 6.07) is 10.8. The highest BCUT2D eigenvalue weighted by Gasteiger charge is 2.22. The van der Waals surface area contributed by atoms with Gasteiger partial charge >= 0.3 is 5.97 Å². The van der Waals surface area contributed by atoms with Crippen molar-refractivity contribution in [3.8, 4) is 11.3 Å². The average Bonchev–Trinajstić information content (AvgIpc) is 3.00. The molecule has 2 heterocycles. The third-order valence-corrected chi connectivity index (χ3v) is 5.14. The Balaban J connectivity index is 2.12. The van der Waals surface area contributed by atoms with Crippen molar-refractivity contribution < 1.29 is 19.1 Å². The minimum atomic E-state index is -1.06. The first-order chi connectivity index (χ1) is 14.8. The molecule has 0 atom stereocenters. The average molecular weight is 423 g/mol. The first kappa shape index (κ1) is 20.2. The third kappa shape index (κ3) is 3.42. The summed E-state index contributed by atoms with van der Waals surface area (Å²) < 4.78 is 16.7. The van der Waals surface area contributed by atoms with E-state index in [2.05, 4.69) is 5.10 Å². The SMILES string of the molecule is Cc1c(-c2nn(CC(=O)NN)c(=O)c3ccccc23)c2cc(F)ccc2n1CC(=O)O. The lowest BCUT2D eigenvalue weighted by Crippen LogP contribution is -2.37. The van der Waals surface area contributed by atoms with Crippen LogP contribution in [0.25, 0.3) is 32.9 Å². The molecule has 9 nitrogen and oxygen atoms in total. The van der Waals surface area contributed by atoms with Gasteiger partial charge in [-0.3, -0.25) is 19.8 Å². The lowest BCUT2D eigenvalue weighted by molar-refractivity contribution is -0.137. The molecule has 0 spiro atoms. The summed E-state index contributed by atoms with van der Waals surface area (Å²) in [7, 11) is 0. The lowest BCUT2D eigenvalue weighted by atomic mass is 10.0. The second-order valence-corrected chi connectivity index (χ2v) is 7.03. The Morgan fingerprint density at radius 3 is 2.52 bits per heavy atom. The molecule has 0 saturated carbocycles. The number of fused-ring (bicyclic) bond motifs is 2. The van der Waals surface area contributed by atoms with E-state index >= 15 is 0 Å². The number of halogens is 1. The van der Waals surface area contributed by atoms with Crippen LogP contribution >= 0.6 is 0 Å². The van der Waals surface area contributed by atoms with Gasteiger partial charge in [-0.25, -0.2) is 14.9 Å². The Morgan fingerprint density at radius 1 is 1.13 bits per heavy atom. The maximum Gasteiger partial charge on any atom is 0.323 e. The molecule has 4 rings (SSSR count). The number of aromatic nitrogens is 3. The molecule has 0 saturated heterocycles. The molecule has 1 amide bonds. The molecule has 0 fully saturated rings. The number of nitrogens with zero attached hydrogens (tertiary/aromatic N) is 3. The highest BCUT2D eigenvalue weighted by molar-refractivity contribution is 6.05. The molecule has 10 heteroatoms. The highest BCUT2D eigenvalue weighted by Crippen LogP contribution is 2.36. The van der Waals surface area contributed by atoms with Gasteiger partial charge in [0.1, 0.15) is 24.6 Å². The lowest BCUT2D eigenvalue weighted by Gasteiger charge is -2.11. The van der Waals surface area contributed by atoms with Crippen molar-refractivity contribution in [3.05, 3.63) is 64.3 Å². The van der Waals surface area contributed by atoms with Crippen LogP contribution in [0.5, 0.6) is 0 Å². The van der Waals surface area contributed by atoms with Crippen molar-refractivity contribution in [1.82, 2.24) is 19.8 Å². The fraction of sp³-hybridized carbons (Fsp3) is 0.143. The number of hydrogen-bond acceptors (Lipinski definition) is 5. The van der Waals surface area contributed by atoms with Gasteiger partial charge in [-0.15, -0.1) is 0 Å². The maximum absolute atomic E-state index is 14.1. The van der Waals surface area contributed by atoms with Gasteiger partial charge in [-0.1, -0.05) is 18.2 Å². The number of carboxylic acids is 1. The number of nitrogens with two attached hydrogens (primary N) is 1. The largest absolute Gasteiger partial charge is 0.480 e. The predicted octanol–water partition coefficient (Wildman–Crippen LogP) is 1.54. The van der Waals surface area contributed by atoms with Gasteiger partial charge in [0.15, 0.2) is 0 Å². The minimum Gasteiger partial charge on any atom is -0.480 e. The van der Waals surface area contributed by atoms with Crippen LogP contribution in [0.1, 0.15) is 5.69 Å². The number of aliphatic carboxylic acids is 1. The topological polar surface area (TPSA) is 132 Å². The molecule has 2 aromatic carbocycles. The number of benzene rings is 2. The summed E-state index contributed by atoms with van der Waals surface area (Å²) in [5.41, 5.74) is 3.34. The predicted molar refractivity (Wildman–Crippen MR) is 112 cm³/mol. The Hall–Kier alpha value is -4.05. The second kappa shape index (κ2) is 7.65. The van der Waals surface area contributed by atoms with Crippen LogP contribution in [0, 0.1) is 12.7 Å². The monoisotopic (exact) mass is 423 g/mol. The molecule has 0 aliphatic carbocycles. The molecule has 2 aromatic heterocycles. The van der Waals surface area contributed by atoms with Crippen LogP contribution in [0.15, 0.2) is 47.3 Å². The quantitative estimate of drug-likeness (QED) is 0.253. The van der Waals surface area contributed by atoms with Crippen molar-refractivity contribution in [2.24, 2.45) is 5.84 Å². The first-order valence-corrected chi connectivity index (χ1v) is 9.31. The number of carbonyl (C=O) groups is 2. The zero-order valence-corrected chi connectivity index (χ0v) is 16.4. The maximum atomic E-state index is 14.1. The van der Waals surface area contributed by atoms with E-state index in [1.54, 1.807) is 35.8 Å². The van der Waals surface area contributed by atoms with E-state index in [1.807, 2.05) is 5.43 Å². The fourth-order valence-electron chi connectivity index (χ4n) is 3.80. The summed E-state index contributed by atoms with van der Waals surface area (Å²) >= 11 is 0. The van der Waals surface area contributed by atoms with Crippen LogP contribution in [-0.4, -0.2) is 31.3 Å². The van der Waals surface area contributed by atoms with E-state index in [1.165, 1.54) is 18.2 Å². The van der Waals surface area contributed by atoms with Crippen molar-refractivity contribution >= 4 is 33.6 Å². The van der Waals surface area contributed by atoms with Crippen molar-refractivity contribution in [2.75, 3.05) is 0 Å². The molecule has 0 aliphatic heterocycles. The number of rotatable bonds is 5. The zero-order valence-electron chi connectivity index (χ0n) is 16.4. The van der Waals surface area contributed by atoms with Crippen LogP contribution < -0.4 is 16.8 Å². The van der Waals surface area contributed by atoms with Gasteiger partial charge in [-0.05, 0) is 31.2 Å². The number of nitrogens with one attached hydrogen (secondary N) is 1. The summed E-state index contributed by atoms with van der Waals surface area (Å²) in [5.74, 6) is 2.98. The second-order valence-electron chi connectivity index (χ2n) is 7.03. The van der Waals surface area contributed by atoms with Crippen LogP contribution in [0.4, 0.5) is 4.39 Å². The molecule has 0 bridgehead atoms. The molecular formula is C21H18FN5O4. The Morgan fingerprint density at radius 2 is 1.84 bits per heavy atom. The Bertz CT molecular complexity index is 1420. The number of hydrogen-bond donors (Lipinski definition) is 3. The molecule has 158 valence electrons. The summed E-state index contributed by atoms with van der Waals surface area (Å²) in [6.45, 7) is 0.962. The number of hydrazine groups is 1. The van der Waals surface area contributed by atoms with Gasteiger partial charge in [0.2, 0.25) is 0 Å². The normalized spacial score (nSPS) is 11.2. The first-order valence-electron chi connectivity index (χ1n) is 9.31. The fourth-order valence-corrected chi connectivity index (χ4v) is 3.80. The molecule has 4 aromatic rings. The van der Waals surface area contributed by atoms with Gasteiger partial charge in [0.25, 0.3) is 11.5 Å². The van der Waals surface area contributed by atoms with Gasteiger partial charge < -0.3 is 9.67 Å². The van der Waals surface area contributed by atoms with Crippen molar-refractivity contribution in [3.63, 3.8) is 0 Å². The molecule has 0 radical (unpaired) electrons. The standard InChI is InChI=1S/C21H18FN5O4/c1-11-19(15-8-12(22)6-7-16(15)26(11)10-18(29)30)20-13-4-2-3-5-14(13)21(31)27(25-20)9-17(28)24-23/h2-8H,9-10,23H2,1H3,(H,24,28)(H,29,30). The van der Waals surface area contributed by atoms with Gasteiger partial charge in [0, 0.05) is 27.5 Å². The summed E-state index contributed by atoms with van der Waals surface area (Å²) in [5, 5.41) is 15.0. The Labute approximate surface area is 174 Å². The van der Waals surface area contributed by atoms with Crippen LogP contribution in [0.3, 0.4) is 0 Å². The van der Waals surface area contributed by atoms with Gasteiger partial charge in [-0.2, -0.15) is 5.10 Å². The zero-order chi connectivity index (χ0) is 22.3. The minimum absolute atomic E-state index is 0.312. The van der Waals surface area contributed by atoms with Crippen molar-refractivity contribution in [1.29, 1.82) is 0 Å². The van der Waals surface area contributed by atoms with E-state index < -0.39 is 29.8 Å².